The van der Waals surface area contributed by atoms with Crippen LogP contribution in [0.1, 0.15) is 18.9 Å². The second-order valence-electron chi connectivity index (χ2n) is 5.30. The quantitative estimate of drug-likeness (QED) is 0.670. The zero-order chi connectivity index (χ0) is 15.7. The predicted octanol–water partition coefficient (Wildman–Crippen LogP) is 0.872. The topological polar surface area (TPSA) is 70.0 Å². The third-order valence-electron chi connectivity index (χ3n) is 3.14. The number of nitrogens with zero attached hydrogens (tertiary/aromatic N) is 1. The molecule has 0 saturated heterocycles. The zero-order valence-corrected chi connectivity index (χ0v) is 12.8. The molecule has 118 valence electrons. The summed E-state index contributed by atoms with van der Waals surface area (Å²) in [6, 6.07) is 7.56. The van der Waals surface area contributed by atoms with E-state index >= 15 is 0 Å². The molecule has 21 heavy (non-hydrogen) atoms. The van der Waals surface area contributed by atoms with Gasteiger partial charge >= 0.3 is 0 Å². The molecule has 1 atom stereocenters. The number of carbonyl (C=O) groups excluding carboxylic acids is 1. The van der Waals surface area contributed by atoms with Crippen molar-refractivity contribution >= 4 is 5.78 Å². The number of aliphatic hydroxyl groups excluding tert-OH is 2. The highest BCUT2D eigenvalue weighted by Crippen LogP contribution is 2.14. The van der Waals surface area contributed by atoms with Crippen molar-refractivity contribution in [2.75, 3.05) is 33.4 Å². The van der Waals surface area contributed by atoms with Crippen molar-refractivity contribution in [1.29, 1.82) is 0 Å². The number of aliphatic hydroxyl groups is 2. The highest BCUT2D eigenvalue weighted by Gasteiger charge is 2.08. The van der Waals surface area contributed by atoms with Crippen molar-refractivity contribution in [2.45, 2.75) is 25.9 Å². The second-order valence-corrected chi connectivity index (χ2v) is 5.30. The molecule has 0 fully saturated rings. The van der Waals surface area contributed by atoms with E-state index < -0.39 is 6.10 Å². The summed E-state index contributed by atoms with van der Waals surface area (Å²) in [6.45, 7) is 2.86. The van der Waals surface area contributed by atoms with Crippen molar-refractivity contribution in [3.8, 4) is 5.75 Å². The Morgan fingerprint density at radius 2 is 2.00 bits per heavy atom. The first-order valence-electron chi connectivity index (χ1n) is 7.20. The Kier molecular flexibility index (Phi) is 7.97. The standard InChI is InChI=1S/C16H25NO4/c1-13(19)3-4-14-5-7-16(8-6-14)21-12-15(20)11-17(2)9-10-18/h5-8,15,18,20H,3-4,9-12H2,1-2H3/t15-/m0/s1. The van der Waals surface area contributed by atoms with Crippen LogP contribution in [0.25, 0.3) is 0 Å². The smallest absolute Gasteiger partial charge is 0.130 e. The lowest BCUT2D eigenvalue weighted by atomic mass is 10.1. The van der Waals surface area contributed by atoms with Gasteiger partial charge in [0.05, 0.1) is 6.61 Å². The number of aryl methyl sites for hydroxylation is 1. The van der Waals surface area contributed by atoms with Crippen LogP contribution in [0.3, 0.4) is 0 Å². The van der Waals surface area contributed by atoms with Crippen molar-refractivity contribution in [1.82, 2.24) is 4.90 Å². The Hall–Kier alpha value is -1.43. The molecule has 0 aliphatic carbocycles. The molecule has 0 bridgehead atoms. The van der Waals surface area contributed by atoms with E-state index in [9.17, 15) is 9.90 Å². The van der Waals surface area contributed by atoms with Gasteiger partial charge in [0.1, 0.15) is 24.2 Å². The molecule has 1 aromatic rings. The van der Waals surface area contributed by atoms with E-state index in [2.05, 4.69) is 0 Å². The van der Waals surface area contributed by atoms with Gasteiger partial charge in [0.2, 0.25) is 0 Å². The third kappa shape index (κ3) is 7.80. The van der Waals surface area contributed by atoms with E-state index in [1.54, 1.807) is 6.92 Å². The number of benzene rings is 1. The maximum atomic E-state index is 10.9. The molecule has 0 radical (unpaired) electrons. The van der Waals surface area contributed by atoms with E-state index in [1.807, 2.05) is 36.2 Å². The first-order chi connectivity index (χ1) is 10.0. The first-order valence-corrected chi connectivity index (χ1v) is 7.20. The molecule has 0 aliphatic heterocycles. The Bertz CT molecular complexity index is 419. The predicted molar refractivity (Wildman–Crippen MR) is 81.5 cm³/mol. The number of ketones is 1. The summed E-state index contributed by atoms with van der Waals surface area (Å²) in [5.74, 6) is 0.885. The SMILES string of the molecule is CC(=O)CCc1ccc(OC[C@@H](O)CN(C)CCO)cc1. The van der Waals surface area contributed by atoms with Crippen LogP contribution >= 0.6 is 0 Å². The van der Waals surface area contributed by atoms with E-state index in [0.717, 1.165) is 12.0 Å². The summed E-state index contributed by atoms with van der Waals surface area (Å²) in [5.41, 5.74) is 1.10. The molecule has 0 amide bonds. The molecule has 1 rings (SSSR count). The van der Waals surface area contributed by atoms with Crippen LogP contribution in [0.4, 0.5) is 0 Å². The monoisotopic (exact) mass is 295 g/mol. The molecule has 0 spiro atoms. The van der Waals surface area contributed by atoms with Crippen LogP contribution in [0.15, 0.2) is 24.3 Å². The van der Waals surface area contributed by atoms with Crippen molar-refractivity contribution < 1.29 is 19.7 Å². The number of rotatable bonds is 10. The molecule has 2 N–H and O–H groups in total. The number of Topliss-reactive ketones (excluding diaryl/α,β-unsaturated/α-hetero) is 1. The van der Waals surface area contributed by atoms with Crippen LogP contribution in [-0.4, -0.2) is 60.4 Å². The Morgan fingerprint density at radius 3 is 2.57 bits per heavy atom. The maximum Gasteiger partial charge on any atom is 0.130 e. The summed E-state index contributed by atoms with van der Waals surface area (Å²) in [6.07, 6.45) is 0.694. The molecule has 5 nitrogen and oxygen atoms in total. The van der Waals surface area contributed by atoms with Gasteiger partial charge in [-0.1, -0.05) is 12.1 Å². The van der Waals surface area contributed by atoms with Gasteiger partial charge in [-0.15, -0.1) is 0 Å². The number of likely N-dealkylation sites (N-methyl/N-ethyl adjacent to an activating group) is 1. The van der Waals surface area contributed by atoms with Gasteiger partial charge in [0.15, 0.2) is 0 Å². The van der Waals surface area contributed by atoms with Crippen molar-refractivity contribution in [3.05, 3.63) is 29.8 Å². The lowest BCUT2D eigenvalue weighted by Crippen LogP contribution is -2.34. The second kappa shape index (κ2) is 9.50. The highest BCUT2D eigenvalue weighted by atomic mass is 16.5. The molecule has 0 aromatic heterocycles. The summed E-state index contributed by atoms with van der Waals surface area (Å²) in [4.78, 5) is 12.8. The normalized spacial score (nSPS) is 12.4. The van der Waals surface area contributed by atoms with Crippen molar-refractivity contribution in [2.24, 2.45) is 0 Å². The molecule has 0 saturated carbocycles. The largest absolute Gasteiger partial charge is 0.491 e. The van der Waals surface area contributed by atoms with Gasteiger partial charge in [-0.05, 0) is 38.1 Å². The van der Waals surface area contributed by atoms with E-state index in [-0.39, 0.29) is 19.0 Å². The molecule has 1 aromatic carbocycles. The number of carbonyl (C=O) groups is 1. The molecular formula is C16H25NO4. The lowest BCUT2D eigenvalue weighted by Gasteiger charge is -2.19. The van der Waals surface area contributed by atoms with E-state index in [0.29, 0.717) is 25.3 Å². The van der Waals surface area contributed by atoms with E-state index in [4.69, 9.17) is 9.84 Å². The van der Waals surface area contributed by atoms with Gasteiger partial charge in [-0.2, -0.15) is 0 Å². The van der Waals surface area contributed by atoms with Crippen LogP contribution in [-0.2, 0) is 11.2 Å². The van der Waals surface area contributed by atoms with Gasteiger partial charge in [-0.25, -0.2) is 0 Å². The molecule has 0 heterocycles. The van der Waals surface area contributed by atoms with Crippen LogP contribution in [0, 0.1) is 0 Å². The number of ether oxygens (including phenoxy) is 1. The summed E-state index contributed by atoms with van der Waals surface area (Å²) in [5, 5.41) is 18.6. The lowest BCUT2D eigenvalue weighted by molar-refractivity contribution is -0.116. The fourth-order valence-electron chi connectivity index (χ4n) is 1.94. The molecule has 0 unspecified atom stereocenters. The molecular weight excluding hydrogens is 270 g/mol. The fraction of sp³-hybridized carbons (Fsp3) is 0.562. The average molecular weight is 295 g/mol. The summed E-state index contributed by atoms with van der Waals surface area (Å²) in [7, 11) is 1.84. The first kappa shape index (κ1) is 17.6. The van der Waals surface area contributed by atoms with Gasteiger partial charge in [0, 0.05) is 19.5 Å². The van der Waals surface area contributed by atoms with E-state index in [1.165, 1.54) is 0 Å². The van der Waals surface area contributed by atoms with Crippen LogP contribution < -0.4 is 4.74 Å². The third-order valence-corrected chi connectivity index (χ3v) is 3.14. The van der Waals surface area contributed by atoms with Gasteiger partial charge < -0.3 is 24.6 Å². The fourth-order valence-corrected chi connectivity index (χ4v) is 1.94. The van der Waals surface area contributed by atoms with Crippen LogP contribution in [0.5, 0.6) is 5.75 Å². The average Bonchev–Trinajstić information content (AvgIpc) is 2.44. The minimum absolute atomic E-state index is 0.0752. The maximum absolute atomic E-state index is 10.9. The van der Waals surface area contributed by atoms with Crippen molar-refractivity contribution in [3.63, 3.8) is 0 Å². The minimum atomic E-state index is -0.598. The molecule has 0 aliphatic rings. The Balaban J connectivity index is 2.33. The van der Waals surface area contributed by atoms with Gasteiger partial charge in [-0.3, -0.25) is 0 Å². The number of hydrogen-bond donors (Lipinski definition) is 2. The Labute approximate surface area is 126 Å². The van der Waals surface area contributed by atoms with Gasteiger partial charge in [0.25, 0.3) is 0 Å². The molecule has 5 heteroatoms. The van der Waals surface area contributed by atoms with Crippen LogP contribution in [0.2, 0.25) is 0 Å². The highest BCUT2D eigenvalue weighted by molar-refractivity contribution is 5.75. The summed E-state index contributed by atoms with van der Waals surface area (Å²) < 4.78 is 5.52. The Morgan fingerprint density at radius 1 is 1.33 bits per heavy atom. The summed E-state index contributed by atoms with van der Waals surface area (Å²) >= 11 is 0. The minimum Gasteiger partial charge on any atom is -0.491 e. The zero-order valence-electron chi connectivity index (χ0n) is 12.8. The number of hydrogen-bond acceptors (Lipinski definition) is 5.